The Hall–Kier alpha value is -2.64. The number of hydrogen-bond acceptors (Lipinski definition) is 4. The van der Waals surface area contributed by atoms with Gasteiger partial charge in [0.05, 0.1) is 17.9 Å². The van der Waals surface area contributed by atoms with Crippen molar-refractivity contribution in [2.24, 2.45) is 7.05 Å². The van der Waals surface area contributed by atoms with Gasteiger partial charge in [0.2, 0.25) is 5.91 Å². The molecule has 8 nitrogen and oxygen atoms in total. The fraction of sp³-hybridized carbons (Fsp3) is 0.500. The van der Waals surface area contributed by atoms with Crippen LogP contribution in [0.4, 0.5) is 5.69 Å². The van der Waals surface area contributed by atoms with Crippen LogP contribution in [0, 0.1) is 6.92 Å². The lowest BCUT2D eigenvalue weighted by atomic mass is 10.1. The van der Waals surface area contributed by atoms with Gasteiger partial charge in [-0.05, 0) is 19.4 Å². The molecule has 0 unspecified atom stereocenters. The van der Waals surface area contributed by atoms with E-state index >= 15 is 0 Å². The number of carbonyl (C=O) groups excluding carboxylic acids is 2. The Morgan fingerprint density at radius 3 is 2.75 bits per heavy atom. The van der Waals surface area contributed by atoms with Crippen LogP contribution in [0.25, 0.3) is 0 Å². The average Bonchev–Trinajstić information content (AvgIpc) is 3.19. The van der Waals surface area contributed by atoms with E-state index in [0.717, 1.165) is 24.3 Å². The largest absolute Gasteiger partial charge is 0.333 e. The molecular weight excluding hydrogens is 308 g/mol. The summed E-state index contributed by atoms with van der Waals surface area (Å²) in [5.41, 5.74) is 2.29. The third kappa shape index (κ3) is 2.38. The fourth-order valence-electron chi connectivity index (χ4n) is 3.20. The molecule has 0 aromatic carbocycles. The van der Waals surface area contributed by atoms with E-state index in [2.05, 4.69) is 10.2 Å². The van der Waals surface area contributed by atoms with E-state index in [9.17, 15) is 9.59 Å². The molecule has 0 bridgehead atoms. The molecule has 0 N–H and O–H groups in total. The number of nitrogens with zero attached hydrogens (tertiary/aromatic N) is 6. The summed E-state index contributed by atoms with van der Waals surface area (Å²) in [4.78, 5) is 27.7. The molecular formula is C16H20N6O2. The van der Waals surface area contributed by atoms with Crippen molar-refractivity contribution in [3.05, 3.63) is 29.8 Å². The van der Waals surface area contributed by atoms with Crippen molar-refractivity contribution < 1.29 is 9.59 Å². The Morgan fingerprint density at radius 2 is 2.12 bits per heavy atom. The first-order valence-electron chi connectivity index (χ1n) is 8.17. The summed E-state index contributed by atoms with van der Waals surface area (Å²) in [6, 6.07) is 1.96. The summed E-state index contributed by atoms with van der Waals surface area (Å²) in [6.07, 6.45) is 5.15. The van der Waals surface area contributed by atoms with Crippen LogP contribution in [-0.2, 0) is 11.8 Å². The maximum atomic E-state index is 12.4. The van der Waals surface area contributed by atoms with Gasteiger partial charge in [-0.3, -0.25) is 19.0 Å². The van der Waals surface area contributed by atoms with E-state index < -0.39 is 0 Å². The van der Waals surface area contributed by atoms with Crippen molar-refractivity contribution in [1.29, 1.82) is 0 Å². The van der Waals surface area contributed by atoms with Gasteiger partial charge in [0, 0.05) is 45.0 Å². The lowest BCUT2D eigenvalue weighted by Gasteiger charge is -2.38. The number of amides is 2. The lowest BCUT2D eigenvalue weighted by molar-refractivity contribution is -0.117. The Balaban J connectivity index is 1.40. The number of aryl methyl sites for hydroxylation is 2. The summed E-state index contributed by atoms with van der Waals surface area (Å²) in [5.74, 6) is 0.113. The molecule has 2 fully saturated rings. The van der Waals surface area contributed by atoms with Crippen LogP contribution in [0.1, 0.15) is 35.1 Å². The molecule has 2 aliphatic rings. The molecule has 2 aromatic rings. The predicted molar refractivity (Wildman–Crippen MR) is 86.7 cm³/mol. The second kappa shape index (κ2) is 5.47. The highest BCUT2D eigenvalue weighted by molar-refractivity contribution is 5.95. The van der Waals surface area contributed by atoms with Gasteiger partial charge in [-0.1, -0.05) is 0 Å². The summed E-state index contributed by atoms with van der Waals surface area (Å²) < 4.78 is 3.56. The van der Waals surface area contributed by atoms with Gasteiger partial charge >= 0.3 is 0 Å². The molecule has 8 heteroatoms. The van der Waals surface area contributed by atoms with Crippen molar-refractivity contribution in [2.45, 2.75) is 25.8 Å². The number of aromatic nitrogens is 4. The van der Waals surface area contributed by atoms with Crippen molar-refractivity contribution in [1.82, 2.24) is 24.5 Å². The molecule has 4 rings (SSSR count). The minimum Gasteiger partial charge on any atom is -0.333 e. The fourth-order valence-corrected chi connectivity index (χ4v) is 3.20. The maximum Gasteiger partial charge on any atom is 0.274 e. The quantitative estimate of drug-likeness (QED) is 0.833. The zero-order chi connectivity index (χ0) is 16.8. The summed E-state index contributed by atoms with van der Waals surface area (Å²) in [6.45, 7) is 3.92. The second-order valence-electron chi connectivity index (χ2n) is 6.49. The van der Waals surface area contributed by atoms with Gasteiger partial charge in [-0.25, -0.2) is 0 Å². The average molecular weight is 328 g/mol. The zero-order valence-electron chi connectivity index (χ0n) is 13.8. The SMILES string of the molecule is Cc1cc(C(=O)N2CC(n3cc(N4CCCC4=O)cn3)C2)nn1C. The molecule has 2 aliphatic heterocycles. The van der Waals surface area contributed by atoms with Gasteiger partial charge in [0.25, 0.3) is 5.91 Å². The summed E-state index contributed by atoms with van der Waals surface area (Å²) in [5, 5.41) is 8.60. The van der Waals surface area contributed by atoms with Crippen molar-refractivity contribution in [2.75, 3.05) is 24.5 Å². The number of anilines is 1. The first-order chi connectivity index (χ1) is 11.5. The maximum absolute atomic E-state index is 12.4. The van der Waals surface area contributed by atoms with E-state index in [-0.39, 0.29) is 17.9 Å². The van der Waals surface area contributed by atoms with Crippen LogP contribution >= 0.6 is 0 Å². The molecule has 126 valence electrons. The highest BCUT2D eigenvalue weighted by Gasteiger charge is 2.34. The molecule has 2 amide bonds. The molecule has 2 saturated heterocycles. The van der Waals surface area contributed by atoms with E-state index in [4.69, 9.17) is 0 Å². The highest BCUT2D eigenvalue weighted by atomic mass is 16.2. The molecule has 0 radical (unpaired) electrons. The summed E-state index contributed by atoms with van der Waals surface area (Å²) >= 11 is 0. The minimum atomic E-state index is -0.0444. The normalized spacial score (nSPS) is 18.3. The first-order valence-corrected chi connectivity index (χ1v) is 8.17. The molecule has 4 heterocycles. The second-order valence-corrected chi connectivity index (χ2v) is 6.49. The summed E-state index contributed by atoms with van der Waals surface area (Å²) in [7, 11) is 1.83. The smallest absolute Gasteiger partial charge is 0.274 e. The molecule has 0 aliphatic carbocycles. The van der Waals surface area contributed by atoms with E-state index in [1.54, 1.807) is 26.7 Å². The van der Waals surface area contributed by atoms with Gasteiger partial charge in [-0.2, -0.15) is 10.2 Å². The van der Waals surface area contributed by atoms with Crippen LogP contribution in [0.2, 0.25) is 0 Å². The number of hydrogen-bond donors (Lipinski definition) is 0. The molecule has 24 heavy (non-hydrogen) atoms. The first kappa shape index (κ1) is 14.9. The molecule has 0 spiro atoms. The van der Waals surface area contributed by atoms with Crippen LogP contribution in [0.3, 0.4) is 0 Å². The van der Waals surface area contributed by atoms with Crippen molar-refractivity contribution >= 4 is 17.5 Å². The number of carbonyl (C=O) groups is 2. The van der Waals surface area contributed by atoms with Gasteiger partial charge in [0.15, 0.2) is 5.69 Å². The highest BCUT2D eigenvalue weighted by Crippen LogP contribution is 2.26. The Bertz CT molecular complexity index is 782. The van der Waals surface area contributed by atoms with E-state index in [0.29, 0.717) is 25.2 Å². The topological polar surface area (TPSA) is 76.3 Å². The molecule has 0 atom stereocenters. The lowest BCUT2D eigenvalue weighted by Crippen LogP contribution is -2.51. The Labute approximate surface area is 139 Å². The van der Waals surface area contributed by atoms with Gasteiger partial charge in [-0.15, -0.1) is 0 Å². The van der Waals surface area contributed by atoms with Crippen molar-refractivity contribution in [3.63, 3.8) is 0 Å². The van der Waals surface area contributed by atoms with Crippen LogP contribution in [-0.4, -0.2) is 55.9 Å². The van der Waals surface area contributed by atoms with Gasteiger partial charge < -0.3 is 9.80 Å². The number of rotatable bonds is 3. The minimum absolute atomic E-state index is 0.0444. The standard InChI is InChI=1S/C16H20N6O2/c1-11-6-14(18-19(11)2)16(24)20-8-13(9-20)22-10-12(7-17-22)21-5-3-4-15(21)23/h6-7,10,13H,3-5,8-9H2,1-2H3. The molecule has 2 aromatic heterocycles. The van der Waals surface area contributed by atoms with Crippen LogP contribution in [0.15, 0.2) is 18.5 Å². The van der Waals surface area contributed by atoms with Crippen LogP contribution in [0.5, 0.6) is 0 Å². The van der Waals surface area contributed by atoms with E-state index in [1.807, 2.05) is 24.9 Å². The predicted octanol–water partition coefficient (Wildman–Crippen LogP) is 0.749. The van der Waals surface area contributed by atoms with E-state index in [1.165, 1.54) is 0 Å². The van der Waals surface area contributed by atoms with Gasteiger partial charge in [0.1, 0.15) is 0 Å². The van der Waals surface area contributed by atoms with Crippen molar-refractivity contribution in [3.8, 4) is 0 Å². The zero-order valence-corrected chi connectivity index (χ0v) is 13.8. The monoisotopic (exact) mass is 328 g/mol. The Kier molecular flexibility index (Phi) is 3.40. The third-order valence-corrected chi connectivity index (χ3v) is 4.83. The van der Waals surface area contributed by atoms with Crippen LogP contribution < -0.4 is 4.90 Å². The third-order valence-electron chi connectivity index (χ3n) is 4.83. The number of likely N-dealkylation sites (tertiary alicyclic amines) is 1. The molecule has 0 saturated carbocycles. The Morgan fingerprint density at radius 1 is 1.33 bits per heavy atom.